The molecule has 0 spiro atoms. The molecule has 5 rings (SSSR count). The minimum Gasteiger partial charge on any atom is -0.326 e. The fourth-order valence-electron chi connectivity index (χ4n) is 5.22. The maximum atomic E-state index is 13.0. The number of hydrogen-bond acceptors (Lipinski definition) is 2. The third kappa shape index (κ3) is 3.97. The Kier molecular flexibility index (Phi) is 4.65. The average Bonchev–Trinajstić information content (AvgIpc) is 2.78. The van der Waals surface area contributed by atoms with Crippen molar-refractivity contribution in [1.29, 1.82) is 0 Å². The van der Waals surface area contributed by atoms with Gasteiger partial charge in [0.15, 0.2) is 0 Å². The summed E-state index contributed by atoms with van der Waals surface area (Å²) in [5.74, 6) is 2.28. The Bertz CT molecular complexity index is 725. The first kappa shape index (κ1) is 18.3. The summed E-state index contributed by atoms with van der Waals surface area (Å²) in [7, 11) is 0. The fourth-order valence-corrected chi connectivity index (χ4v) is 5.22. The van der Waals surface area contributed by atoms with Crippen molar-refractivity contribution in [2.75, 3.05) is 17.2 Å². The zero-order valence-corrected chi connectivity index (χ0v) is 16.6. The van der Waals surface area contributed by atoms with E-state index in [0.29, 0.717) is 17.6 Å². The number of rotatable bonds is 2. The number of anilines is 2. The van der Waals surface area contributed by atoms with E-state index in [0.717, 1.165) is 24.1 Å². The summed E-state index contributed by atoms with van der Waals surface area (Å²) in [4.78, 5) is 27.3. The second-order valence-electron chi connectivity index (χ2n) is 9.80. The van der Waals surface area contributed by atoms with Crippen LogP contribution in [-0.4, -0.2) is 29.4 Å². The lowest BCUT2D eigenvalue weighted by Crippen LogP contribution is -2.44. The van der Waals surface area contributed by atoms with E-state index in [2.05, 4.69) is 15.5 Å². The van der Waals surface area contributed by atoms with Gasteiger partial charge in [-0.05, 0) is 68.1 Å². The van der Waals surface area contributed by atoms with E-state index in [1.54, 1.807) is 0 Å². The Labute approximate surface area is 161 Å². The molecule has 5 heteroatoms. The van der Waals surface area contributed by atoms with E-state index in [1.165, 1.54) is 32.1 Å². The van der Waals surface area contributed by atoms with E-state index in [1.807, 2.05) is 45.0 Å². The molecule has 2 saturated heterocycles. The van der Waals surface area contributed by atoms with Crippen molar-refractivity contribution in [3.05, 3.63) is 24.3 Å². The van der Waals surface area contributed by atoms with Gasteiger partial charge in [-0.15, -0.1) is 0 Å². The minimum absolute atomic E-state index is 0.00694. The molecule has 2 N–H and O–H groups in total. The van der Waals surface area contributed by atoms with Gasteiger partial charge < -0.3 is 15.5 Å². The molecule has 146 valence electrons. The van der Waals surface area contributed by atoms with Gasteiger partial charge in [-0.25, -0.2) is 4.79 Å². The van der Waals surface area contributed by atoms with Crippen molar-refractivity contribution >= 4 is 23.3 Å². The molecule has 0 aromatic heterocycles. The molecule has 2 aliphatic carbocycles. The van der Waals surface area contributed by atoms with Crippen molar-refractivity contribution in [2.24, 2.45) is 23.2 Å². The second kappa shape index (κ2) is 6.84. The molecule has 2 aliphatic heterocycles. The topological polar surface area (TPSA) is 61.4 Å². The highest BCUT2D eigenvalue weighted by Gasteiger charge is 2.44. The molecule has 4 aliphatic rings. The molecule has 1 aromatic carbocycles. The summed E-state index contributed by atoms with van der Waals surface area (Å²) in [6, 6.07) is 7.84. The van der Waals surface area contributed by atoms with Crippen molar-refractivity contribution in [2.45, 2.75) is 58.9 Å². The van der Waals surface area contributed by atoms with Gasteiger partial charge in [-0.2, -0.15) is 0 Å². The van der Waals surface area contributed by atoms with Crippen LogP contribution in [0.2, 0.25) is 0 Å². The van der Waals surface area contributed by atoms with Crippen LogP contribution in [0.15, 0.2) is 24.3 Å². The third-order valence-corrected chi connectivity index (χ3v) is 6.42. The maximum absolute atomic E-state index is 13.0. The number of carbonyl (C=O) groups is 2. The Hall–Kier alpha value is -2.04. The van der Waals surface area contributed by atoms with Gasteiger partial charge in [0, 0.05) is 29.4 Å². The number of nitrogens with one attached hydrogen (secondary N) is 2. The Morgan fingerprint density at radius 2 is 1.52 bits per heavy atom. The highest BCUT2D eigenvalue weighted by molar-refractivity contribution is 5.96. The molecular formula is C22H31N3O2. The monoisotopic (exact) mass is 369 g/mol. The fraction of sp³-hybridized carbons (Fsp3) is 0.636. The van der Waals surface area contributed by atoms with Crippen molar-refractivity contribution in [1.82, 2.24) is 4.90 Å². The predicted molar refractivity (Wildman–Crippen MR) is 108 cm³/mol. The molecule has 2 unspecified atom stereocenters. The SMILES string of the molecule is CC(C)(C)C(=O)Nc1cccc(NC(=O)N2CC3C[C@@H]4CC2C[C@H](C3)C4)c1. The lowest BCUT2D eigenvalue weighted by molar-refractivity contribution is -0.123. The summed E-state index contributed by atoms with van der Waals surface area (Å²) >= 11 is 0. The Morgan fingerprint density at radius 3 is 2.15 bits per heavy atom. The zero-order valence-electron chi connectivity index (χ0n) is 16.6. The van der Waals surface area contributed by atoms with Crippen molar-refractivity contribution in [3.8, 4) is 0 Å². The standard InChI is InChI=1S/C22H31N3O2/c1-22(2,3)20(26)23-17-5-4-6-18(12-17)24-21(27)25-13-16-8-14-7-15(9-16)11-19(25)10-14/h4-6,12,14-16,19H,7-11,13H2,1-3H3,(H,23,26)(H,24,27)/t14-,15+,16?,19?. The Morgan fingerprint density at radius 1 is 0.926 bits per heavy atom. The summed E-state index contributed by atoms with van der Waals surface area (Å²) in [5.41, 5.74) is 0.989. The van der Waals surface area contributed by atoms with Gasteiger partial charge >= 0.3 is 6.03 Å². The van der Waals surface area contributed by atoms with Crippen LogP contribution in [0, 0.1) is 23.2 Å². The first-order valence-electron chi connectivity index (χ1n) is 10.3. The molecular weight excluding hydrogens is 338 g/mol. The van der Waals surface area contributed by atoms with Gasteiger partial charge in [0.05, 0.1) is 0 Å². The van der Waals surface area contributed by atoms with Crippen LogP contribution in [0.25, 0.3) is 0 Å². The molecule has 4 fully saturated rings. The number of benzene rings is 1. The van der Waals surface area contributed by atoms with Crippen LogP contribution in [-0.2, 0) is 4.79 Å². The van der Waals surface area contributed by atoms with Gasteiger partial charge in [0.2, 0.25) is 5.91 Å². The van der Waals surface area contributed by atoms with Crippen LogP contribution in [0.4, 0.5) is 16.2 Å². The first-order valence-corrected chi connectivity index (χ1v) is 10.3. The molecule has 5 nitrogen and oxygen atoms in total. The third-order valence-electron chi connectivity index (χ3n) is 6.42. The molecule has 27 heavy (non-hydrogen) atoms. The van der Waals surface area contributed by atoms with E-state index in [4.69, 9.17) is 0 Å². The number of carbonyl (C=O) groups excluding carboxylic acids is 2. The highest BCUT2D eigenvalue weighted by atomic mass is 16.2. The average molecular weight is 370 g/mol. The number of nitrogens with zero attached hydrogens (tertiary/aromatic N) is 1. The summed E-state index contributed by atoms with van der Waals surface area (Å²) < 4.78 is 0. The number of amides is 3. The van der Waals surface area contributed by atoms with Gasteiger partial charge in [-0.3, -0.25) is 4.79 Å². The van der Waals surface area contributed by atoms with E-state index >= 15 is 0 Å². The normalized spacial score (nSPS) is 29.4. The van der Waals surface area contributed by atoms with Crippen LogP contribution >= 0.6 is 0 Å². The van der Waals surface area contributed by atoms with Crippen molar-refractivity contribution in [3.63, 3.8) is 0 Å². The summed E-state index contributed by atoms with van der Waals surface area (Å²) in [5, 5.41) is 6.00. The number of hydrogen-bond donors (Lipinski definition) is 2. The van der Waals surface area contributed by atoms with Crippen LogP contribution < -0.4 is 10.6 Å². The smallest absolute Gasteiger partial charge is 0.322 e. The summed E-state index contributed by atoms with van der Waals surface area (Å²) in [6.07, 6.45) is 6.30. The minimum atomic E-state index is -0.455. The van der Waals surface area contributed by atoms with Gasteiger partial charge in [0.1, 0.15) is 0 Å². The van der Waals surface area contributed by atoms with E-state index in [-0.39, 0.29) is 11.9 Å². The molecule has 2 heterocycles. The van der Waals surface area contributed by atoms with E-state index in [9.17, 15) is 9.59 Å². The van der Waals surface area contributed by atoms with Crippen LogP contribution in [0.5, 0.6) is 0 Å². The quantitative estimate of drug-likeness (QED) is 0.793. The molecule has 0 radical (unpaired) electrons. The summed E-state index contributed by atoms with van der Waals surface area (Å²) in [6.45, 7) is 6.55. The van der Waals surface area contributed by atoms with Gasteiger partial charge in [0.25, 0.3) is 0 Å². The Balaban J connectivity index is 1.44. The molecule has 4 atom stereocenters. The first-order chi connectivity index (χ1) is 12.8. The zero-order chi connectivity index (χ0) is 19.2. The van der Waals surface area contributed by atoms with Crippen LogP contribution in [0.3, 0.4) is 0 Å². The largest absolute Gasteiger partial charge is 0.326 e. The number of urea groups is 1. The highest BCUT2D eigenvalue weighted by Crippen LogP contribution is 2.47. The number of fused-ring (bicyclic) bond motifs is 1. The molecule has 4 bridgehead atoms. The second-order valence-corrected chi connectivity index (χ2v) is 9.80. The van der Waals surface area contributed by atoms with Crippen LogP contribution in [0.1, 0.15) is 52.9 Å². The maximum Gasteiger partial charge on any atom is 0.322 e. The van der Waals surface area contributed by atoms with E-state index < -0.39 is 5.41 Å². The van der Waals surface area contributed by atoms with Gasteiger partial charge in [-0.1, -0.05) is 26.8 Å². The molecule has 1 aromatic rings. The molecule has 2 saturated carbocycles. The van der Waals surface area contributed by atoms with Crippen molar-refractivity contribution < 1.29 is 9.59 Å². The predicted octanol–water partition coefficient (Wildman–Crippen LogP) is 4.71. The lowest BCUT2D eigenvalue weighted by Gasteiger charge is -2.38. The lowest BCUT2D eigenvalue weighted by atomic mass is 9.68. The molecule has 3 amide bonds.